The molecule has 1 saturated heterocycles. The van der Waals surface area contributed by atoms with Gasteiger partial charge in [0.15, 0.2) is 6.29 Å². The van der Waals surface area contributed by atoms with Crippen LogP contribution in [0.15, 0.2) is 30.3 Å². The lowest BCUT2D eigenvalue weighted by Crippen LogP contribution is -2.57. The summed E-state index contributed by atoms with van der Waals surface area (Å²) in [4.78, 5) is 25.1. The molecule has 0 saturated carbocycles. The summed E-state index contributed by atoms with van der Waals surface area (Å²) in [5.74, 6) is 0.293. The van der Waals surface area contributed by atoms with E-state index in [1.807, 2.05) is 44.2 Å². The van der Waals surface area contributed by atoms with Crippen molar-refractivity contribution in [3.63, 3.8) is 0 Å². The molecule has 4 N–H and O–H groups in total. The molecule has 32 heavy (non-hydrogen) atoms. The van der Waals surface area contributed by atoms with Crippen molar-refractivity contribution in [2.24, 2.45) is 5.92 Å². The summed E-state index contributed by atoms with van der Waals surface area (Å²) in [5.41, 5.74) is 2.52. The van der Waals surface area contributed by atoms with Crippen LogP contribution in [0.1, 0.15) is 72.9 Å². The van der Waals surface area contributed by atoms with Crippen LogP contribution >= 0.6 is 0 Å². The van der Waals surface area contributed by atoms with E-state index < -0.39 is 6.29 Å². The Kier molecular flexibility index (Phi) is 6.38. The molecule has 0 bridgehead atoms. The maximum atomic E-state index is 12.8. The van der Waals surface area contributed by atoms with Gasteiger partial charge in [-0.15, -0.1) is 0 Å². The fourth-order valence-electron chi connectivity index (χ4n) is 3.44. The first-order chi connectivity index (χ1) is 14.8. The Morgan fingerprint density at radius 1 is 1.00 bits per heavy atom. The SMILES string of the molecule is CC1NC(n2nc(C(C)(C)C)cc2NC(=O)Nc2ccc(C(C)(C)C)cc2)NC(=O)C1C. The number of amides is 3. The van der Waals surface area contributed by atoms with E-state index in [2.05, 4.69) is 62.8 Å². The van der Waals surface area contributed by atoms with Crippen molar-refractivity contribution in [3.05, 3.63) is 41.6 Å². The van der Waals surface area contributed by atoms with Crippen LogP contribution in [0.25, 0.3) is 0 Å². The number of urea groups is 1. The number of hydrogen-bond acceptors (Lipinski definition) is 4. The number of carbonyl (C=O) groups excluding carboxylic acids is 2. The van der Waals surface area contributed by atoms with Gasteiger partial charge in [0.05, 0.1) is 11.6 Å². The van der Waals surface area contributed by atoms with Crippen LogP contribution in [-0.2, 0) is 15.6 Å². The van der Waals surface area contributed by atoms with E-state index in [1.54, 1.807) is 4.68 Å². The molecule has 174 valence electrons. The van der Waals surface area contributed by atoms with Crippen molar-refractivity contribution in [1.82, 2.24) is 20.4 Å². The highest BCUT2D eigenvalue weighted by Gasteiger charge is 2.33. The molecule has 1 aliphatic rings. The second kappa shape index (κ2) is 8.58. The van der Waals surface area contributed by atoms with Crippen LogP contribution in [0, 0.1) is 5.92 Å². The molecule has 1 aromatic carbocycles. The highest BCUT2D eigenvalue weighted by atomic mass is 16.2. The lowest BCUT2D eigenvalue weighted by atomic mass is 9.87. The molecule has 0 aliphatic carbocycles. The molecule has 2 aromatic rings. The zero-order chi connectivity index (χ0) is 23.8. The number of nitrogens with zero attached hydrogens (tertiary/aromatic N) is 2. The van der Waals surface area contributed by atoms with Gasteiger partial charge in [-0.3, -0.25) is 15.4 Å². The molecule has 1 aliphatic heterocycles. The van der Waals surface area contributed by atoms with Crippen molar-refractivity contribution in [2.45, 2.75) is 78.6 Å². The molecule has 0 radical (unpaired) electrons. The molecule has 3 atom stereocenters. The minimum Gasteiger partial charge on any atom is -0.322 e. The van der Waals surface area contributed by atoms with Gasteiger partial charge in [-0.1, -0.05) is 60.6 Å². The highest BCUT2D eigenvalue weighted by Crippen LogP contribution is 2.27. The molecule has 0 spiro atoms. The summed E-state index contributed by atoms with van der Waals surface area (Å²) in [6.45, 7) is 16.4. The van der Waals surface area contributed by atoms with Gasteiger partial charge in [-0.25, -0.2) is 9.48 Å². The van der Waals surface area contributed by atoms with E-state index in [1.165, 1.54) is 5.56 Å². The van der Waals surface area contributed by atoms with Crippen molar-refractivity contribution in [3.8, 4) is 0 Å². The van der Waals surface area contributed by atoms with Gasteiger partial charge in [0, 0.05) is 23.2 Å². The molecule has 3 amide bonds. The van der Waals surface area contributed by atoms with E-state index in [-0.39, 0.29) is 34.7 Å². The van der Waals surface area contributed by atoms with Gasteiger partial charge in [0.2, 0.25) is 5.91 Å². The van der Waals surface area contributed by atoms with Gasteiger partial charge >= 0.3 is 6.03 Å². The van der Waals surface area contributed by atoms with Gasteiger partial charge in [-0.05, 0) is 30.0 Å². The van der Waals surface area contributed by atoms with Gasteiger partial charge < -0.3 is 10.6 Å². The molecule has 3 unspecified atom stereocenters. The molecule has 8 nitrogen and oxygen atoms in total. The fraction of sp³-hybridized carbons (Fsp3) is 0.542. The smallest absolute Gasteiger partial charge is 0.322 e. The first kappa shape index (κ1) is 23.8. The summed E-state index contributed by atoms with van der Waals surface area (Å²) in [6, 6.07) is 9.26. The van der Waals surface area contributed by atoms with Crippen LogP contribution in [-0.4, -0.2) is 27.8 Å². The van der Waals surface area contributed by atoms with E-state index in [9.17, 15) is 9.59 Å². The highest BCUT2D eigenvalue weighted by molar-refractivity contribution is 5.99. The minimum absolute atomic E-state index is 0.0287. The van der Waals surface area contributed by atoms with E-state index >= 15 is 0 Å². The Labute approximate surface area is 190 Å². The molecular formula is C24H36N6O2. The third-order valence-electron chi connectivity index (χ3n) is 5.86. The van der Waals surface area contributed by atoms with Gasteiger partial charge in [0.1, 0.15) is 5.82 Å². The van der Waals surface area contributed by atoms with E-state index in [0.717, 1.165) is 5.69 Å². The topological polar surface area (TPSA) is 100 Å². The predicted octanol–water partition coefficient (Wildman–Crippen LogP) is 4.32. The second-order valence-corrected chi connectivity index (χ2v) is 10.7. The summed E-state index contributed by atoms with van der Waals surface area (Å²) >= 11 is 0. The van der Waals surface area contributed by atoms with Crippen LogP contribution < -0.4 is 21.3 Å². The third-order valence-corrected chi connectivity index (χ3v) is 5.86. The Balaban J connectivity index is 1.81. The van der Waals surface area contributed by atoms with Crippen molar-refractivity contribution in [1.29, 1.82) is 0 Å². The average molecular weight is 441 g/mol. The fourth-order valence-corrected chi connectivity index (χ4v) is 3.44. The standard InChI is InChI=1S/C24H36N6O2/c1-14-15(2)25-21(28-20(14)31)30-19(13-18(29-30)24(6,7)8)27-22(32)26-17-11-9-16(10-12-17)23(3,4)5/h9-15,21,25H,1-8H3,(H,28,31)(H2,26,27,32). The Morgan fingerprint density at radius 2 is 1.62 bits per heavy atom. The lowest BCUT2D eigenvalue weighted by Gasteiger charge is -2.34. The first-order valence-electron chi connectivity index (χ1n) is 11.1. The number of carbonyl (C=O) groups is 2. The largest absolute Gasteiger partial charge is 0.324 e. The normalized spacial score (nSPS) is 21.8. The molecule has 8 heteroatoms. The summed E-state index contributed by atoms with van der Waals surface area (Å²) < 4.78 is 1.63. The lowest BCUT2D eigenvalue weighted by molar-refractivity contribution is -0.130. The van der Waals surface area contributed by atoms with Gasteiger partial charge in [-0.2, -0.15) is 5.10 Å². The number of aromatic nitrogens is 2. The monoisotopic (exact) mass is 440 g/mol. The van der Waals surface area contributed by atoms with Crippen molar-refractivity contribution >= 4 is 23.4 Å². The molecule has 1 aromatic heterocycles. The maximum Gasteiger partial charge on any atom is 0.324 e. The molecule has 1 fully saturated rings. The van der Waals surface area contributed by atoms with E-state index in [0.29, 0.717) is 11.5 Å². The summed E-state index contributed by atoms with van der Waals surface area (Å²) in [5, 5.41) is 16.8. The minimum atomic E-state index is -0.550. The van der Waals surface area contributed by atoms with Crippen LogP contribution in [0.2, 0.25) is 0 Å². The molecule has 2 heterocycles. The quantitative estimate of drug-likeness (QED) is 0.571. The third kappa shape index (κ3) is 5.30. The summed E-state index contributed by atoms with van der Waals surface area (Å²) in [6.07, 6.45) is -0.550. The second-order valence-electron chi connectivity index (χ2n) is 10.7. The predicted molar refractivity (Wildman–Crippen MR) is 128 cm³/mol. The average Bonchev–Trinajstić information content (AvgIpc) is 3.09. The number of benzene rings is 1. The number of rotatable bonds is 3. The van der Waals surface area contributed by atoms with Crippen LogP contribution in [0.4, 0.5) is 16.3 Å². The number of hydrogen-bond donors (Lipinski definition) is 4. The number of anilines is 2. The first-order valence-corrected chi connectivity index (χ1v) is 11.1. The maximum absolute atomic E-state index is 12.8. The zero-order valence-electron chi connectivity index (χ0n) is 20.3. The Bertz CT molecular complexity index is 981. The van der Waals surface area contributed by atoms with Crippen LogP contribution in [0.3, 0.4) is 0 Å². The number of nitrogens with one attached hydrogen (secondary N) is 4. The van der Waals surface area contributed by atoms with Crippen molar-refractivity contribution < 1.29 is 9.59 Å². The molecular weight excluding hydrogens is 404 g/mol. The van der Waals surface area contributed by atoms with Crippen LogP contribution in [0.5, 0.6) is 0 Å². The Morgan fingerprint density at radius 3 is 2.16 bits per heavy atom. The zero-order valence-corrected chi connectivity index (χ0v) is 20.3. The van der Waals surface area contributed by atoms with Crippen molar-refractivity contribution in [2.75, 3.05) is 10.6 Å². The van der Waals surface area contributed by atoms with E-state index in [4.69, 9.17) is 5.10 Å². The summed E-state index contributed by atoms with van der Waals surface area (Å²) in [7, 11) is 0. The van der Waals surface area contributed by atoms with Gasteiger partial charge in [0.25, 0.3) is 0 Å². The Hall–Kier alpha value is -2.87. The molecule has 3 rings (SSSR count).